The van der Waals surface area contributed by atoms with Gasteiger partial charge in [-0.3, -0.25) is 0 Å². The minimum absolute atomic E-state index is 0.373. The maximum Gasteiger partial charge on any atom is 0.371 e. The number of furan rings is 1. The van der Waals surface area contributed by atoms with Gasteiger partial charge in [-0.2, -0.15) is 0 Å². The first-order valence-electron chi connectivity index (χ1n) is 5.49. The Morgan fingerprint density at radius 1 is 0.944 bits per heavy atom. The molecule has 0 aliphatic heterocycles. The van der Waals surface area contributed by atoms with E-state index in [0.29, 0.717) is 0 Å². The Hall–Kier alpha value is -1.86. The number of hydrogen-bond acceptors (Lipinski definition) is 5. The Morgan fingerprint density at radius 3 is 1.56 bits per heavy atom. The van der Waals surface area contributed by atoms with Gasteiger partial charge in [0.05, 0.1) is 0 Å². The summed E-state index contributed by atoms with van der Waals surface area (Å²) in [5.41, 5.74) is 10.5. The van der Waals surface area contributed by atoms with Crippen molar-refractivity contribution in [3.8, 4) is 0 Å². The highest BCUT2D eigenvalue weighted by Gasteiger charge is 2.12. The Morgan fingerprint density at radius 2 is 1.33 bits per heavy atom. The van der Waals surface area contributed by atoms with Crippen LogP contribution in [0, 0.1) is 0 Å². The van der Waals surface area contributed by atoms with Crippen LogP contribution in [0.5, 0.6) is 0 Å². The van der Waals surface area contributed by atoms with Crippen LogP contribution >= 0.6 is 0 Å². The summed E-state index contributed by atoms with van der Waals surface area (Å²) in [5, 5.41) is 16.6. The van der Waals surface area contributed by atoms with Crippen molar-refractivity contribution in [3.63, 3.8) is 0 Å². The second-order valence-corrected chi connectivity index (χ2v) is 3.41. The molecule has 0 bridgehead atoms. The molecule has 0 saturated heterocycles. The monoisotopic (exact) mass is 258 g/mol. The molecule has 0 unspecified atom stereocenters. The first kappa shape index (κ1) is 16.1. The van der Waals surface area contributed by atoms with Crippen molar-refractivity contribution in [1.82, 2.24) is 0 Å². The molecule has 0 fully saturated rings. The molecule has 18 heavy (non-hydrogen) atoms. The fourth-order valence-corrected chi connectivity index (χ4v) is 1.03. The maximum atomic E-state index is 10.2. The van der Waals surface area contributed by atoms with E-state index in [1.165, 1.54) is 6.42 Å². The molecule has 1 rings (SSSR count). The molecule has 0 aliphatic rings. The van der Waals surface area contributed by atoms with E-state index in [2.05, 4.69) is 4.42 Å². The lowest BCUT2D eigenvalue weighted by Gasteiger charge is -1.91. The van der Waals surface area contributed by atoms with Crippen molar-refractivity contribution in [2.24, 2.45) is 11.5 Å². The fourth-order valence-electron chi connectivity index (χ4n) is 1.03. The smallest absolute Gasteiger partial charge is 0.371 e. The molecular formula is C11H18N2O5. The quantitative estimate of drug-likeness (QED) is 0.552. The van der Waals surface area contributed by atoms with Crippen molar-refractivity contribution in [1.29, 1.82) is 0 Å². The van der Waals surface area contributed by atoms with Crippen LogP contribution in [0.3, 0.4) is 0 Å². The van der Waals surface area contributed by atoms with Gasteiger partial charge in [-0.15, -0.1) is 0 Å². The summed E-state index contributed by atoms with van der Waals surface area (Å²) in [6.45, 7) is 1.61. The van der Waals surface area contributed by atoms with Crippen molar-refractivity contribution < 1.29 is 24.2 Å². The third-order valence-corrected chi connectivity index (χ3v) is 1.94. The van der Waals surface area contributed by atoms with Gasteiger partial charge in [0.2, 0.25) is 11.5 Å². The molecular weight excluding hydrogens is 240 g/mol. The number of carboxylic acid groups (broad SMARTS) is 2. The number of carboxylic acids is 2. The van der Waals surface area contributed by atoms with E-state index in [4.69, 9.17) is 21.7 Å². The van der Waals surface area contributed by atoms with E-state index in [1.54, 1.807) is 0 Å². The van der Waals surface area contributed by atoms with Gasteiger partial charge in [-0.05, 0) is 38.1 Å². The van der Waals surface area contributed by atoms with Crippen LogP contribution in [-0.4, -0.2) is 35.2 Å². The Kier molecular flexibility index (Phi) is 8.25. The highest BCUT2D eigenvalue weighted by molar-refractivity contribution is 5.88. The molecule has 102 valence electrons. The summed E-state index contributed by atoms with van der Waals surface area (Å²) >= 11 is 0. The predicted molar refractivity (Wildman–Crippen MR) is 64.6 cm³/mol. The van der Waals surface area contributed by atoms with Gasteiger partial charge in [0.15, 0.2) is 0 Å². The Balaban J connectivity index is 0.000000360. The Bertz CT molecular complexity index is 343. The van der Waals surface area contributed by atoms with Gasteiger partial charge >= 0.3 is 11.9 Å². The van der Waals surface area contributed by atoms with E-state index in [1.807, 2.05) is 0 Å². The van der Waals surface area contributed by atoms with Crippen LogP contribution in [0.1, 0.15) is 40.4 Å². The summed E-state index contributed by atoms with van der Waals surface area (Å²) in [4.78, 5) is 20.3. The van der Waals surface area contributed by atoms with E-state index in [9.17, 15) is 9.59 Å². The zero-order valence-corrected chi connectivity index (χ0v) is 9.96. The fraction of sp³-hybridized carbons (Fsp3) is 0.455. The average molecular weight is 258 g/mol. The van der Waals surface area contributed by atoms with Gasteiger partial charge in [-0.25, -0.2) is 9.59 Å². The summed E-state index contributed by atoms with van der Waals surface area (Å²) in [6.07, 6.45) is 3.43. The summed E-state index contributed by atoms with van der Waals surface area (Å²) in [6, 6.07) is 2.18. The summed E-state index contributed by atoms with van der Waals surface area (Å²) in [5.74, 6) is -3.31. The molecule has 7 heteroatoms. The Labute approximate surface area is 104 Å². The molecule has 0 atom stereocenters. The van der Waals surface area contributed by atoms with Crippen molar-refractivity contribution >= 4 is 11.9 Å². The van der Waals surface area contributed by atoms with Gasteiger partial charge in [0.25, 0.3) is 0 Å². The first-order chi connectivity index (χ1) is 8.52. The third-order valence-electron chi connectivity index (χ3n) is 1.94. The van der Waals surface area contributed by atoms with E-state index < -0.39 is 11.9 Å². The number of unbranched alkanes of at least 4 members (excludes halogenated alkanes) is 2. The number of nitrogens with two attached hydrogens (primary N) is 2. The minimum Gasteiger partial charge on any atom is -0.475 e. The van der Waals surface area contributed by atoms with Crippen LogP contribution in [0.15, 0.2) is 16.5 Å². The molecule has 0 spiro atoms. The second-order valence-electron chi connectivity index (χ2n) is 3.41. The largest absolute Gasteiger partial charge is 0.475 e. The van der Waals surface area contributed by atoms with Crippen LogP contribution in [0.25, 0.3) is 0 Å². The standard InChI is InChI=1S/C6H4O5.C5H14N2/c7-5(8)3-1-2-4(11-3)6(9)10;6-4-2-1-3-5-7/h1-2H,(H,7,8)(H,9,10);1-7H2. The normalized spacial score (nSPS) is 9.44. The zero-order chi connectivity index (χ0) is 14.0. The highest BCUT2D eigenvalue weighted by Crippen LogP contribution is 2.06. The van der Waals surface area contributed by atoms with Crippen LogP contribution in [0.2, 0.25) is 0 Å². The molecule has 1 heterocycles. The highest BCUT2D eigenvalue weighted by atomic mass is 16.4. The van der Waals surface area contributed by atoms with E-state index in [0.717, 1.165) is 38.1 Å². The molecule has 0 radical (unpaired) electrons. The lowest BCUT2D eigenvalue weighted by Crippen LogP contribution is -2.02. The number of aromatic carboxylic acids is 2. The van der Waals surface area contributed by atoms with Gasteiger partial charge in [0, 0.05) is 0 Å². The molecule has 0 aliphatic carbocycles. The third kappa shape index (κ3) is 6.66. The molecule has 6 N–H and O–H groups in total. The van der Waals surface area contributed by atoms with Crippen molar-refractivity contribution in [3.05, 3.63) is 23.7 Å². The van der Waals surface area contributed by atoms with Gasteiger partial charge in [0.1, 0.15) is 0 Å². The SMILES string of the molecule is NCCCCCN.O=C(O)c1ccc(C(=O)O)o1. The van der Waals surface area contributed by atoms with Crippen molar-refractivity contribution in [2.45, 2.75) is 19.3 Å². The maximum absolute atomic E-state index is 10.2. The second kappa shape index (κ2) is 9.20. The van der Waals surface area contributed by atoms with Gasteiger partial charge < -0.3 is 26.1 Å². The van der Waals surface area contributed by atoms with E-state index in [-0.39, 0.29) is 11.5 Å². The topological polar surface area (TPSA) is 140 Å². The minimum atomic E-state index is -1.28. The molecule has 0 aromatic carbocycles. The molecule has 1 aromatic heterocycles. The predicted octanol–water partition coefficient (Wildman–Crippen LogP) is 0.750. The average Bonchev–Trinajstić information content (AvgIpc) is 2.80. The van der Waals surface area contributed by atoms with E-state index >= 15 is 0 Å². The lowest BCUT2D eigenvalue weighted by atomic mass is 10.2. The number of carbonyl (C=O) groups is 2. The summed E-state index contributed by atoms with van der Waals surface area (Å²) < 4.78 is 4.41. The summed E-state index contributed by atoms with van der Waals surface area (Å²) in [7, 11) is 0. The molecule has 0 saturated carbocycles. The zero-order valence-electron chi connectivity index (χ0n) is 9.96. The number of hydrogen-bond donors (Lipinski definition) is 4. The van der Waals surface area contributed by atoms with Crippen LogP contribution < -0.4 is 11.5 Å². The number of rotatable bonds is 6. The van der Waals surface area contributed by atoms with Crippen LogP contribution in [-0.2, 0) is 0 Å². The van der Waals surface area contributed by atoms with Crippen molar-refractivity contribution in [2.75, 3.05) is 13.1 Å². The molecule has 1 aromatic rings. The molecule has 0 amide bonds. The van der Waals surface area contributed by atoms with Gasteiger partial charge in [-0.1, -0.05) is 6.42 Å². The molecule has 7 nitrogen and oxygen atoms in total. The first-order valence-corrected chi connectivity index (χ1v) is 5.49. The van der Waals surface area contributed by atoms with Crippen LogP contribution in [0.4, 0.5) is 0 Å². The lowest BCUT2D eigenvalue weighted by molar-refractivity contribution is 0.0631.